The first-order valence-corrected chi connectivity index (χ1v) is 13.9. The molecule has 2 N–H and O–H groups in total. The Morgan fingerprint density at radius 3 is 2.28 bits per heavy atom. The zero-order valence-electron chi connectivity index (χ0n) is 24.3. The van der Waals surface area contributed by atoms with Crippen molar-refractivity contribution >= 4 is 23.2 Å². The summed E-state index contributed by atoms with van der Waals surface area (Å²) < 4.78 is 63.1. The monoisotopic (exact) mass is 604 g/mol. The van der Waals surface area contributed by atoms with E-state index in [1.807, 2.05) is 9.80 Å². The number of halogens is 4. The summed E-state index contributed by atoms with van der Waals surface area (Å²) in [5.41, 5.74) is -2.29. The van der Waals surface area contributed by atoms with E-state index in [4.69, 9.17) is 4.74 Å². The second kappa shape index (κ2) is 11.6. The summed E-state index contributed by atoms with van der Waals surface area (Å²) in [6, 6.07) is 3.27. The van der Waals surface area contributed by atoms with Gasteiger partial charge in [0.05, 0.1) is 62.9 Å². The van der Waals surface area contributed by atoms with Gasteiger partial charge in [0.2, 0.25) is 11.5 Å². The second-order valence-electron chi connectivity index (χ2n) is 11.5. The first kappa shape index (κ1) is 30.4. The second-order valence-corrected chi connectivity index (χ2v) is 11.5. The maximum absolute atomic E-state index is 15.8. The Morgan fingerprint density at radius 1 is 1.05 bits per heavy atom. The number of likely N-dealkylation sites (N-methyl/N-ethyl adjacent to an activating group) is 1. The van der Waals surface area contributed by atoms with Crippen LogP contribution in [0, 0.1) is 5.82 Å². The molecule has 3 aromatic rings. The molecule has 14 heteroatoms. The number of pyridine rings is 1. The molecule has 1 aromatic carbocycles. The Kier molecular flexibility index (Phi) is 8.18. The predicted molar refractivity (Wildman–Crippen MR) is 154 cm³/mol. The number of carbonyl (C=O) groups is 1. The number of rotatable bonds is 5. The number of piperazine rings is 1. The summed E-state index contributed by atoms with van der Waals surface area (Å²) in [4.78, 5) is 39.8. The minimum absolute atomic E-state index is 0.0688. The number of nitrogens with one attached hydrogen (secondary N) is 2. The van der Waals surface area contributed by atoms with E-state index in [1.165, 1.54) is 24.5 Å². The fourth-order valence-electron chi connectivity index (χ4n) is 5.38. The van der Waals surface area contributed by atoms with Crippen molar-refractivity contribution in [3.63, 3.8) is 0 Å². The van der Waals surface area contributed by atoms with E-state index in [-0.39, 0.29) is 23.3 Å². The van der Waals surface area contributed by atoms with Gasteiger partial charge in [-0.3, -0.25) is 9.59 Å². The normalized spacial score (nSPS) is 20.7. The van der Waals surface area contributed by atoms with Crippen LogP contribution in [0.5, 0.6) is 0 Å². The summed E-state index contributed by atoms with van der Waals surface area (Å²) >= 11 is 0. The van der Waals surface area contributed by atoms with Crippen LogP contribution < -0.4 is 20.7 Å². The Morgan fingerprint density at radius 2 is 1.67 bits per heavy atom. The lowest BCUT2D eigenvalue weighted by molar-refractivity contribution is -0.935. The largest absolute Gasteiger partial charge is 0.417 e. The predicted octanol–water partition coefficient (Wildman–Crippen LogP) is 3.75. The van der Waals surface area contributed by atoms with Gasteiger partial charge < -0.3 is 29.3 Å². The summed E-state index contributed by atoms with van der Waals surface area (Å²) in [7, 11) is 4.21. The number of aromatic amines is 1. The van der Waals surface area contributed by atoms with Gasteiger partial charge in [-0.25, -0.2) is 14.4 Å². The molecule has 5 rings (SSSR count). The van der Waals surface area contributed by atoms with Crippen molar-refractivity contribution < 1.29 is 31.6 Å². The van der Waals surface area contributed by atoms with Crippen LogP contribution in [-0.2, 0) is 10.9 Å². The maximum atomic E-state index is 15.8. The molecule has 0 unspecified atom stereocenters. The minimum atomic E-state index is -4.95. The van der Waals surface area contributed by atoms with Gasteiger partial charge in [0.25, 0.3) is 5.91 Å². The number of quaternary nitrogens is 1. The molecule has 230 valence electrons. The van der Waals surface area contributed by atoms with Crippen LogP contribution in [0.25, 0.3) is 11.1 Å². The third-order valence-corrected chi connectivity index (χ3v) is 8.63. The molecule has 0 saturated carbocycles. The number of ether oxygens (including phenoxy) is 1. The number of morpholine rings is 1. The van der Waals surface area contributed by atoms with Gasteiger partial charge in [0, 0.05) is 48.9 Å². The number of carbonyl (C=O) groups excluding carboxylic acids is 1. The molecule has 43 heavy (non-hydrogen) atoms. The van der Waals surface area contributed by atoms with Crippen LogP contribution in [0.3, 0.4) is 0 Å². The highest BCUT2D eigenvalue weighted by molar-refractivity contribution is 6.07. The summed E-state index contributed by atoms with van der Waals surface area (Å²) in [5.74, 6) is -1.24. The molecule has 10 nitrogen and oxygen atoms in total. The number of H-pyrrole nitrogens is 1. The van der Waals surface area contributed by atoms with Crippen LogP contribution in [0.4, 0.5) is 34.9 Å². The molecule has 2 atom stereocenters. The third-order valence-electron chi connectivity index (χ3n) is 8.63. The average Bonchev–Trinajstić information content (AvgIpc) is 2.96. The van der Waals surface area contributed by atoms with Crippen LogP contribution in [0.15, 0.2) is 41.6 Å². The molecule has 2 aliphatic heterocycles. The zero-order valence-corrected chi connectivity index (χ0v) is 24.3. The van der Waals surface area contributed by atoms with E-state index in [0.717, 1.165) is 10.7 Å². The van der Waals surface area contributed by atoms with Gasteiger partial charge in [0.1, 0.15) is 17.9 Å². The van der Waals surface area contributed by atoms with Crippen molar-refractivity contribution in [3.05, 3.63) is 64.1 Å². The number of aromatic nitrogens is 3. The molecule has 2 aliphatic rings. The number of hydrogen-bond donors (Lipinski definition) is 2. The molecule has 1 amide bonds. The van der Waals surface area contributed by atoms with E-state index < -0.39 is 34.6 Å². The highest BCUT2D eigenvalue weighted by atomic mass is 19.4. The fourth-order valence-corrected chi connectivity index (χ4v) is 5.38. The van der Waals surface area contributed by atoms with Crippen LogP contribution in [0.2, 0.25) is 0 Å². The highest BCUT2D eigenvalue weighted by Gasteiger charge is 2.39. The molecular weight excluding hydrogens is 570 g/mol. The van der Waals surface area contributed by atoms with Gasteiger partial charge >= 0.3 is 6.18 Å². The quantitative estimate of drug-likeness (QED) is 0.338. The van der Waals surface area contributed by atoms with E-state index >= 15 is 4.39 Å². The van der Waals surface area contributed by atoms with Gasteiger partial charge in [-0.05, 0) is 26.0 Å². The third kappa shape index (κ3) is 6.20. The first-order valence-electron chi connectivity index (χ1n) is 13.9. The lowest BCUT2D eigenvalue weighted by Crippen LogP contribution is -2.65. The highest BCUT2D eigenvalue weighted by Crippen LogP contribution is 2.38. The molecule has 2 saturated heterocycles. The Hall–Kier alpha value is -4.04. The lowest BCUT2D eigenvalue weighted by Gasteiger charge is -2.50. The minimum Gasteiger partial charge on any atom is -0.378 e. The van der Waals surface area contributed by atoms with Crippen LogP contribution in [-0.4, -0.2) is 90.9 Å². The van der Waals surface area contributed by atoms with Crippen molar-refractivity contribution in [2.45, 2.75) is 32.1 Å². The standard InChI is InChI=1S/C29H33F4N7O3/c1-17-15-39(16-18(2)40(17,3)4)25-11-23(30)20(19-12-35-28(36-13-19)38-5-7-43-8-6-38)9-24(25)37-27(42)21-14-34-26(41)10-22(21)29(31,32)33/h9-14,17-18H,5-8,15-16H2,1-4H3,(H-,34,37,41,42)/p+1/t17-,18+. The zero-order chi connectivity index (χ0) is 31.1. The molecule has 0 spiro atoms. The summed E-state index contributed by atoms with van der Waals surface area (Å²) in [6.07, 6.45) is -1.28. The summed E-state index contributed by atoms with van der Waals surface area (Å²) in [5, 5.41) is 2.57. The number of alkyl halides is 3. The molecule has 2 fully saturated rings. The van der Waals surface area contributed by atoms with Crippen LogP contribution in [0.1, 0.15) is 29.8 Å². The number of amides is 1. The van der Waals surface area contributed by atoms with Gasteiger partial charge in [-0.15, -0.1) is 0 Å². The number of nitrogens with zero attached hydrogens (tertiary/aromatic N) is 5. The van der Waals surface area contributed by atoms with E-state index in [9.17, 15) is 22.8 Å². The molecule has 4 heterocycles. The van der Waals surface area contributed by atoms with Gasteiger partial charge in [0.15, 0.2) is 0 Å². The first-order chi connectivity index (χ1) is 20.3. The van der Waals surface area contributed by atoms with Crippen molar-refractivity contribution in [1.29, 1.82) is 0 Å². The Labute approximate surface area is 245 Å². The van der Waals surface area contributed by atoms with E-state index in [1.54, 1.807) is 0 Å². The number of benzene rings is 1. The van der Waals surface area contributed by atoms with Crippen molar-refractivity contribution in [2.75, 3.05) is 68.6 Å². The SMILES string of the molecule is C[C@@H]1CN(c2cc(F)c(-c3cnc(N4CCOCC4)nc3)cc2NC(=O)c2c[nH]c(=O)cc2C(F)(F)F)C[C@H](C)[N+]1(C)C. The van der Waals surface area contributed by atoms with Crippen LogP contribution >= 0.6 is 0 Å². The number of anilines is 3. The molecule has 0 radical (unpaired) electrons. The Bertz CT molecular complexity index is 1540. The van der Waals surface area contributed by atoms with Crippen molar-refractivity contribution in [2.24, 2.45) is 0 Å². The van der Waals surface area contributed by atoms with Crippen molar-refractivity contribution in [1.82, 2.24) is 15.0 Å². The van der Waals surface area contributed by atoms with E-state index in [0.29, 0.717) is 62.7 Å². The number of hydrogen-bond acceptors (Lipinski definition) is 7. The van der Waals surface area contributed by atoms with E-state index in [2.05, 4.69) is 48.2 Å². The van der Waals surface area contributed by atoms with Crippen molar-refractivity contribution in [3.8, 4) is 11.1 Å². The molecule has 0 aliphatic carbocycles. The average molecular weight is 605 g/mol. The Balaban J connectivity index is 1.55. The maximum Gasteiger partial charge on any atom is 0.417 e. The van der Waals surface area contributed by atoms with Gasteiger partial charge in [-0.2, -0.15) is 13.2 Å². The smallest absolute Gasteiger partial charge is 0.378 e. The summed E-state index contributed by atoms with van der Waals surface area (Å²) in [6.45, 7) is 7.48. The molecule has 0 bridgehead atoms. The molecule has 2 aromatic heterocycles. The van der Waals surface area contributed by atoms with Gasteiger partial charge in [-0.1, -0.05) is 0 Å². The lowest BCUT2D eigenvalue weighted by atomic mass is 10.0. The topological polar surface area (TPSA) is 103 Å². The molecular formula is C29H34F4N7O3+. The fraction of sp³-hybridized carbons (Fsp3) is 0.448.